The lowest BCUT2D eigenvalue weighted by molar-refractivity contribution is -0.120. The lowest BCUT2D eigenvalue weighted by Gasteiger charge is -2.16. The molecule has 0 spiro atoms. The number of thiazole rings is 1. The van der Waals surface area contributed by atoms with E-state index < -0.39 is 11.9 Å². The van der Waals surface area contributed by atoms with Gasteiger partial charge >= 0.3 is 0 Å². The van der Waals surface area contributed by atoms with Crippen molar-refractivity contribution in [1.29, 1.82) is 0 Å². The van der Waals surface area contributed by atoms with E-state index in [0.29, 0.717) is 15.9 Å². The van der Waals surface area contributed by atoms with Crippen molar-refractivity contribution in [1.82, 2.24) is 9.88 Å². The van der Waals surface area contributed by atoms with Gasteiger partial charge in [0, 0.05) is 24.2 Å². The lowest BCUT2D eigenvalue weighted by atomic mass is 10.1. The Balaban J connectivity index is 1.92. The van der Waals surface area contributed by atoms with Gasteiger partial charge < -0.3 is 9.88 Å². The summed E-state index contributed by atoms with van der Waals surface area (Å²) in [6.45, 7) is 0. The molecule has 5 nitrogen and oxygen atoms in total. The molecular weight excluding hydrogens is 334 g/mol. The SMILES string of the molecule is Cn1ccsc1=NC(=O)C(NC(=O)c1ccccc1)c1ccccc1. The smallest absolute Gasteiger partial charge is 0.275 e. The summed E-state index contributed by atoms with van der Waals surface area (Å²) in [6, 6.07) is 17.1. The van der Waals surface area contributed by atoms with Crippen LogP contribution in [-0.2, 0) is 11.8 Å². The fourth-order valence-corrected chi connectivity index (χ4v) is 3.07. The average Bonchev–Trinajstić information content (AvgIpc) is 3.05. The summed E-state index contributed by atoms with van der Waals surface area (Å²) >= 11 is 1.37. The molecule has 25 heavy (non-hydrogen) atoms. The molecule has 0 bridgehead atoms. The minimum atomic E-state index is -0.837. The maximum Gasteiger partial charge on any atom is 0.275 e. The molecule has 126 valence electrons. The van der Waals surface area contributed by atoms with Crippen LogP contribution in [0.15, 0.2) is 77.2 Å². The average molecular weight is 351 g/mol. The molecular formula is C19H17N3O2S. The summed E-state index contributed by atoms with van der Waals surface area (Å²) in [5.41, 5.74) is 1.19. The summed E-state index contributed by atoms with van der Waals surface area (Å²) in [7, 11) is 1.82. The molecule has 3 rings (SSSR count). The van der Waals surface area contributed by atoms with E-state index in [1.54, 1.807) is 41.0 Å². The third-order valence-electron chi connectivity index (χ3n) is 3.66. The third-order valence-corrected chi connectivity index (χ3v) is 4.50. The van der Waals surface area contributed by atoms with E-state index in [4.69, 9.17) is 0 Å². The highest BCUT2D eigenvalue weighted by molar-refractivity contribution is 7.07. The molecule has 0 aliphatic rings. The minimum Gasteiger partial charge on any atom is -0.336 e. The molecule has 0 saturated heterocycles. The number of benzene rings is 2. The van der Waals surface area contributed by atoms with E-state index in [9.17, 15) is 9.59 Å². The van der Waals surface area contributed by atoms with Gasteiger partial charge in [0.1, 0.15) is 6.04 Å². The summed E-state index contributed by atoms with van der Waals surface area (Å²) in [4.78, 5) is 30.0. The molecule has 1 heterocycles. The second kappa shape index (κ2) is 7.72. The Bertz CT molecular complexity index is 930. The topological polar surface area (TPSA) is 63.5 Å². The van der Waals surface area contributed by atoms with Crippen LogP contribution in [0.4, 0.5) is 0 Å². The largest absolute Gasteiger partial charge is 0.336 e. The Labute approximate surface area is 149 Å². The van der Waals surface area contributed by atoms with Crippen LogP contribution in [0.5, 0.6) is 0 Å². The molecule has 0 fully saturated rings. The van der Waals surface area contributed by atoms with Crippen LogP contribution in [0, 0.1) is 0 Å². The maximum atomic E-state index is 12.7. The number of nitrogens with one attached hydrogen (secondary N) is 1. The number of aryl methyl sites for hydroxylation is 1. The number of amides is 2. The first-order valence-corrected chi connectivity index (χ1v) is 8.62. The molecule has 1 N–H and O–H groups in total. The maximum absolute atomic E-state index is 12.7. The molecule has 6 heteroatoms. The van der Waals surface area contributed by atoms with Crippen LogP contribution in [0.1, 0.15) is 22.0 Å². The van der Waals surface area contributed by atoms with Crippen molar-refractivity contribution < 1.29 is 9.59 Å². The van der Waals surface area contributed by atoms with Gasteiger partial charge in [-0.25, -0.2) is 0 Å². The Morgan fingerprint density at radius 3 is 2.28 bits per heavy atom. The second-order valence-electron chi connectivity index (χ2n) is 5.43. The molecule has 0 aliphatic heterocycles. The zero-order valence-corrected chi connectivity index (χ0v) is 14.4. The van der Waals surface area contributed by atoms with E-state index in [1.807, 2.05) is 42.9 Å². The summed E-state index contributed by atoms with van der Waals surface area (Å²) in [5, 5.41) is 4.65. The highest BCUT2D eigenvalue weighted by atomic mass is 32.1. The van der Waals surface area contributed by atoms with Crippen molar-refractivity contribution in [2.75, 3.05) is 0 Å². The van der Waals surface area contributed by atoms with Crippen molar-refractivity contribution in [3.63, 3.8) is 0 Å². The number of hydrogen-bond donors (Lipinski definition) is 1. The van der Waals surface area contributed by atoms with Crippen molar-refractivity contribution in [3.05, 3.63) is 88.2 Å². The summed E-state index contributed by atoms with van der Waals surface area (Å²) in [5.74, 6) is -0.720. The molecule has 0 aliphatic carbocycles. The number of hydrogen-bond acceptors (Lipinski definition) is 3. The van der Waals surface area contributed by atoms with Crippen molar-refractivity contribution in [3.8, 4) is 0 Å². The summed E-state index contributed by atoms with van der Waals surface area (Å²) < 4.78 is 1.77. The standard InChI is InChI=1S/C19H17N3O2S/c1-22-12-13-25-19(22)21-18(24)16(14-8-4-2-5-9-14)20-17(23)15-10-6-3-7-11-15/h2-13,16H,1H3,(H,20,23). The fourth-order valence-electron chi connectivity index (χ4n) is 2.33. The third kappa shape index (κ3) is 4.10. The second-order valence-corrected chi connectivity index (χ2v) is 6.30. The van der Waals surface area contributed by atoms with E-state index in [-0.39, 0.29) is 5.91 Å². The van der Waals surface area contributed by atoms with Crippen molar-refractivity contribution in [2.45, 2.75) is 6.04 Å². The number of nitrogens with zero attached hydrogens (tertiary/aromatic N) is 2. The van der Waals surface area contributed by atoms with Gasteiger partial charge in [-0.1, -0.05) is 48.5 Å². The number of carbonyl (C=O) groups is 2. The molecule has 3 aromatic rings. The Kier molecular flexibility index (Phi) is 5.20. The first-order valence-electron chi connectivity index (χ1n) is 7.75. The lowest BCUT2D eigenvalue weighted by Crippen LogP contribution is -2.34. The van der Waals surface area contributed by atoms with Crippen molar-refractivity contribution >= 4 is 23.2 Å². The highest BCUT2D eigenvalue weighted by Crippen LogP contribution is 2.15. The zero-order chi connectivity index (χ0) is 17.6. The number of aromatic nitrogens is 1. The van der Waals surface area contributed by atoms with Crippen LogP contribution in [0.3, 0.4) is 0 Å². The molecule has 0 radical (unpaired) electrons. The zero-order valence-electron chi connectivity index (χ0n) is 13.6. The van der Waals surface area contributed by atoms with E-state index in [1.165, 1.54) is 11.3 Å². The van der Waals surface area contributed by atoms with E-state index in [2.05, 4.69) is 10.3 Å². The number of rotatable bonds is 4. The quantitative estimate of drug-likeness (QED) is 0.785. The fraction of sp³-hybridized carbons (Fsp3) is 0.105. The van der Waals surface area contributed by atoms with Crippen LogP contribution in [0.25, 0.3) is 0 Å². The number of carbonyl (C=O) groups excluding carboxylic acids is 2. The highest BCUT2D eigenvalue weighted by Gasteiger charge is 2.23. The minimum absolute atomic E-state index is 0.312. The predicted molar refractivity (Wildman–Crippen MR) is 97.0 cm³/mol. The van der Waals surface area contributed by atoms with Gasteiger partial charge in [0.25, 0.3) is 11.8 Å². The molecule has 2 amide bonds. The van der Waals surface area contributed by atoms with Gasteiger partial charge in [-0.3, -0.25) is 9.59 Å². The van der Waals surface area contributed by atoms with Gasteiger partial charge in [-0.2, -0.15) is 4.99 Å². The van der Waals surface area contributed by atoms with E-state index in [0.717, 1.165) is 0 Å². The van der Waals surface area contributed by atoms with Crippen LogP contribution in [-0.4, -0.2) is 16.4 Å². The van der Waals surface area contributed by atoms with Gasteiger partial charge in [-0.05, 0) is 17.7 Å². The van der Waals surface area contributed by atoms with Crippen LogP contribution < -0.4 is 10.1 Å². The normalized spacial score (nSPS) is 12.6. The Morgan fingerprint density at radius 1 is 1.04 bits per heavy atom. The van der Waals surface area contributed by atoms with Crippen LogP contribution >= 0.6 is 11.3 Å². The van der Waals surface area contributed by atoms with Gasteiger partial charge in [-0.15, -0.1) is 11.3 Å². The first-order chi connectivity index (χ1) is 12.1. The molecule has 2 aromatic carbocycles. The monoisotopic (exact) mass is 351 g/mol. The Morgan fingerprint density at radius 2 is 1.68 bits per heavy atom. The molecule has 0 saturated carbocycles. The van der Waals surface area contributed by atoms with Gasteiger partial charge in [0.05, 0.1) is 0 Å². The molecule has 1 aromatic heterocycles. The van der Waals surface area contributed by atoms with Gasteiger partial charge in [0.2, 0.25) is 0 Å². The Hall–Kier alpha value is -2.99. The van der Waals surface area contributed by atoms with Gasteiger partial charge in [0.15, 0.2) is 4.80 Å². The molecule has 1 atom stereocenters. The summed E-state index contributed by atoms with van der Waals surface area (Å²) in [6.07, 6.45) is 1.83. The first kappa shape index (κ1) is 16.9. The molecule has 1 unspecified atom stereocenters. The predicted octanol–water partition coefficient (Wildman–Crippen LogP) is 2.69. The van der Waals surface area contributed by atoms with Crippen LogP contribution in [0.2, 0.25) is 0 Å². The van der Waals surface area contributed by atoms with Crippen molar-refractivity contribution in [2.24, 2.45) is 12.0 Å². The van der Waals surface area contributed by atoms with E-state index >= 15 is 0 Å².